The lowest BCUT2D eigenvalue weighted by atomic mass is 10.3. The zero-order chi connectivity index (χ0) is 13.0. The van der Waals surface area contributed by atoms with Crippen LogP contribution in [0.1, 0.15) is 16.4 Å². The summed E-state index contributed by atoms with van der Waals surface area (Å²) in [5, 5.41) is 26.3. The van der Waals surface area contributed by atoms with Gasteiger partial charge in [0.1, 0.15) is 17.3 Å². The SMILES string of the molecule is COCc1nnc(-n2nnc(CO)c2COC)s1. The van der Waals surface area contributed by atoms with Gasteiger partial charge in [0.05, 0.1) is 18.9 Å². The maximum absolute atomic E-state index is 9.17. The number of methoxy groups -OCH3 is 2. The molecule has 0 bridgehead atoms. The fraction of sp³-hybridized carbons (Fsp3) is 0.556. The molecule has 1 N–H and O–H groups in total. The van der Waals surface area contributed by atoms with Crippen molar-refractivity contribution in [3.8, 4) is 5.13 Å². The number of ether oxygens (including phenoxy) is 2. The normalized spacial score (nSPS) is 11.1. The van der Waals surface area contributed by atoms with E-state index in [4.69, 9.17) is 9.47 Å². The molecule has 0 saturated heterocycles. The third-order valence-electron chi connectivity index (χ3n) is 2.18. The quantitative estimate of drug-likeness (QED) is 0.784. The Morgan fingerprint density at radius 3 is 2.61 bits per heavy atom. The van der Waals surface area contributed by atoms with Crippen molar-refractivity contribution in [2.24, 2.45) is 0 Å². The molecule has 0 radical (unpaired) electrons. The van der Waals surface area contributed by atoms with Gasteiger partial charge in [-0.05, 0) is 0 Å². The molecule has 0 fully saturated rings. The van der Waals surface area contributed by atoms with Crippen molar-refractivity contribution in [3.63, 3.8) is 0 Å². The van der Waals surface area contributed by atoms with E-state index in [1.165, 1.54) is 16.0 Å². The van der Waals surface area contributed by atoms with E-state index in [9.17, 15) is 5.11 Å². The number of rotatable bonds is 6. The smallest absolute Gasteiger partial charge is 0.234 e. The highest BCUT2D eigenvalue weighted by Gasteiger charge is 2.16. The average molecular weight is 271 g/mol. The summed E-state index contributed by atoms with van der Waals surface area (Å²) in [4.78, 5) is 0. The molecule has 0 aliphatic rings. The maximum atomic E-state index is 9.17. The lowest BCUT2D eigenvalue weighted by molar-refractivity contribution is 0.175. The predicted molar refractivity (Wildman–Crippen MR) is 62.2 cm³/mol. The van der Waals surface area contributed by atoms with E-state index in [0.29, 0.717) is 29.7 Å². The Morgan fingerprint density at radius 2 is 1.94 bits per heavy atom. The summed E-state index contributed by atoms with van der Waals surface area (Å²) in [5.74, 6) is 0. The molecule has 18 heavy (non-hydrogen) atoms. The molecule has 0 aliphatic heterocycles. The molecule has 0 spiro atoms. The van der Waals surface area contributed by atoms with Crippen molar-refractivity contribution >= 4 is 11.3 Å². The van der Waals surface area contributed by atoms with E-state index in [2.05, 4.69) is 20.5 Å². The zero-order valence-electron chi connectivity index (χ0n) is 10.0. The van der Waals surface area contributed by atoms with E-state index in [-0.39, 0.29) is 6.61 Å². The van der Waals surface area contributed by atoms with Crippen molar-refractivity contribution in [1.29, 1.82) is 0 Å². The first kappa shape index (κ1) is 13.0. The van der Waals surface area contributed by atoms with E-state index in [1.54, 1.807) is 14.2 Å². The second-order valence-corrected chi connectivity index (χ2v) is 4.44. The van der Waals surface area contributed by atoms with Crippen LogP contribution < -0.4 is 0 Å². The van der Waals surface area contributed by atoms with Crippen molar-refractivity contribution in [1.82, 2.24) is 25.2 Å². The number of hydrogen-bond acceptors (Lipinski definition) is 8. The minimum atomic E-state index is -0.192. The summed E-state index contributed by atoms with van der Waals surface area (Å²) >= 11 is 1.35. The first-order valence-electron chi connectivity index (χ1n) is 5.15. The number of nitrogens with zero attached hydrogens (tertiary/aromatic N) is 5. The van der Waals surface area contributed by atoms with Crippen LogP contribution in [-0.2, 0) is 29.3 Å². The zero-order valence-corrected chi connectivity index (χ0v) is 10.8. The van der Waals surface area contributed by atoms with Gasteiger partial charge in [0.15, 0.2) is 0 Å². The van der Waals surface area contributed by atoms with Gasteiger partial charge in [-0.2, -0.15) is 4.68 Å². The van der Waals surface area contributed by atoms with Crippen LogP contribution >= 0.6 is 11.3 Å². The minimum absolute atomic E-state index is 0.192. The molecule has 0 amide bonds. The van der Waals surface area contributed by atoms with Gasteiger partial charge in [-0.25, -0.2) is 0 Å². The van der Waals surface area contributed by atoms with E-state index < -0.39 is 0 Å². The van der Waals surface area contributed by atoms with Crippen molar-refractivity contribution in [2.45, 2.75) is 19.8 Å². The Balaban J connectivity index is 2.33. The van der Waals surface area contributed by atoms with Crippen LogP contribution in [0.2, 0.25) is 0 Å². The first-order valence-corrected chi connectivity index (χ1v) is 5.96. The van der Waals surface area contributed by atoms with Gasteiger partial charge in [-0.15, -0.1) is 15.3 Å². The van der Waals surface area contributed by atoms with E-state index >= 15 is 0 Å². The highest BCUT2D eigenvalue weighted by atomic mass is 32.1. The van der Waals surface area contributed by atoms with Gasteiger partial charge in [0.25, 0.3) is 0 Å². The Kier molecular flexibility index (Phi) is 4.31. The fourth-order valence-electron chi connectivity index (χ4n) is 1.40. The molecule has 0 aliphatic carbocycles. The van der Waals surface area contributed by atoms with E-state index in [0.717, 1.165) is 5.01 Å². The van der Waals surface area contributed by atoms with Gasteiger partial charge in [0.2, 0.25) is 5.13 Å². The standard InChI is InChI=1S/C9H13N5O3S/c1-16-4-7-6(3-15)10-13-14(7)9-12-11-8(18-9)5-17-2/h15H,3-5H2,1-2H3. The van der Waals surface area contributed by atoms with Crippen molar-refractivity contribution in [3.05, 3.63) is 16.4 Å². The Bertz CT molecular complexity index is 512. The molecule has 8 nitrogen and oxygen atoms in total. The molecule has 0 saturated carbocycles. The van der Waals surface area contributed by atoms with Gasteiger partial charge in [-0.3, -0.25) is 0 Å². The summed E-state index contributed by atoms with van der Waals surface area (Å²) in [7, 11) is 3.16. The molecule has 0 unspecified atom stereocenters. The topological polar surface area (TPSA) is 95.2 Å². The Morgan fingerprint density at radius 1 is 1.17 bits per heavy atom. The predicted octanol–water partition coefficient (Wildman–Crippen LogP) is -0.0961. The second kappa shape index (κ2) is 5.96. The molecule has 2 aromatic heterocycles. The Labute approximate surface area is 107 Å². The monoisotopic (exact) mass is 271 g/mol. The van der Waals surface area contributed by atoms with Gasteiger partial charge < -0.3 is 14.6 Å². The minimum Gasteiger partial charge on any atom is -0.390 e. The van der Waals surface area contributed by atoms with Crippen LogP contribution in [0.25, 0.3) is 5.13 Å². The molecule has 2 aromatic rings. The second-order valence-electron chi connectivity index (χ2n) is 3.40. The molecule has 0 atom stereocenters. The molecule has 2 heterocycles. The van der Waals surface area contributed by atoms with Crippen LogP contribution in [0.3, 0.4) is 0 Å². The van der Waals surface area contributed by atoms with E-state index in [1.807, 2.05) is 0 Å². The summed E-state index contributed by atoms with van der Waals surface area (Å²) in [6.45, 7) is 0.503. The van der Waals surface area contributed by atoms with Crippen LogP contribution in [-0.4, -0.2) is 44.5 Å². The number of aromatic nitrogens is 5. The van der Waals surface area contributed by atoms with Gasteiger partial charge >= 0.3 is 0 Å². The summed E-state index contributed by atoms with van der Waals surface area (Å²) in [5.41, 5.74) is 1.14. The molecule has 9 heteroatoms. The summed E-state index contributed by atoms with van der Waals surface area (Å²) in [6.07, 6.45) is 0. The van der Waals surface area contributed by atoms with Crippen molar-refractivity contribution < 1.29 is 14.6 Å². The fourth-order valence-corrected chi connectivity index (χ4v) is 2.19. The van der Waals surface area contributed by atoms with Crippen LogP contribution in [0.15, 0.2) is 0 Å². The number of hydrogen-bond donors (Lipinski definition) is 1. The van der Waals surface area contributed by atoms with Crippen LogP contribution in [0.4, 0.5) is 0 Å². The highest BCUT2D eigenvalue weighted by Crippen LogP contribution is 2.18. The molecule has 98 valence electrons. The average Bonchev–Trinajstić information content (AvgIpc) is 2.96. The largest absolute Gasteiger partial charge is 0.390 e. The lowest BCUT2D eigenvalue weighted by Crippen LogP contribution is -2.04. The number of aliphatic hydroxyl groups excluding tert-OH is 1. The summed E-state index contributed by atoms with van der Waals surface area (Å²) < 4.78 is 11.6. The van der Waals surface area contributed by atoms with Gasteiger partial charge in [0, 0.05) is 14.2 Å². The first-order chi connectivity index (χ1) is 8.80. The molecular weight excluding hydrogens is 258 g/mol. The Hall–Kier alpha value is -1.42. The third kappa shape index (κ3) is 2.53. The number of aliphatic hydroxyl groups is 1. The van der Waals surface area contributed by atoms with Crippen molar-refractivity contribution in [2.75, 3.05) is 14.2 Å². The van der Waals surface area contributed by atoms with Crippen LogP contribution in [0.5, 0.6) is 0 Å². The maximum Gasteiger partial charge on any atom is 0.234 e. The summed E-state index contributed by atoms with van der Waals surface area (Å²) in [6, 6.07) is 0. The molecular formula is C9H13N5O3S. The lowest BCUT2D eigenvalue weighted by Gasteiger charge is -2.02. The third-order valence-corrected chi connectivity index (χ3v) is 3.05. The van der Waals surface area contributed by atoms with Crippen LogP contribution in [0, 0.1) is 0 Å². The highest BCUT2D eigenvalue weighted by molar-refractivity contribution is 7.13. The molecule has 2 rings (SSSR count). The molecule has 0 aromatic carbocycles. The van der Waals surface area contributed by atoms with Gasteiger partial charge in [-0.1, -0.05) is 16.6 Å².